The van der Waals surface area contributed by atoms with Crippen LogP contribution < -0.4 is 10.6 Å². The van der Waals surface area contributed by atoms with Gasteiger partial charge in [0.2, 0.25) is 5.91 Å². The summed E-state index contributed by atoms with van der Waals surface area (Å²) in [4.78, 5) is 33.2. The van der Waals surface area contributed by atoms with Gasteiger partial charge in [0.05, 0.1) is 16.5 Å². The largest absolute Gasteiger partial charge is 0.326 e. The minimum atomic E-state index is -1.32. The molecule has 2 N–H and O–H groups in total. The van der Waals surface area contributed by atoms with E-state index in [1.165, 1.54) is 30.7 Å². The standard InChI is InChI=1S/C21H13Cl5N4O2/c22-11-5-10(6-12(23)7-11)17-18(21(17,25)26)20(32)29-13-1-2-15(24)14(8-13)19(31)30-16-3-4-27-9-28-16/h1-9,17-18H,(H,29,32)(H,27,28,30,31). The Balaban J connectivity index is 1.51. The second-order valence-corrected chi connectivity index (χ2v) is 9.79. The van der Waals surface area contributed by atoms with E-state index in [1.807, 2.05) is 0 Å². The van der Waals surface area contributed by atoms with Crippen LogP contribution in [0, 0.1) is 5.92 Å². The second kappa shape index (κ2) is 9.04. The summed E-state index contributed by atoms with van der Waals surface area (Å²) in [5, 5.41) is 6.39. The molecular formula is C21H13Cl5N4O2. The number of alkyl halides is 2. The van der Waals surface area contributed by atoms with Crippen molar-refractivity contribution in [2.75, 3.05) is 10.6 Å². The lowest BCUT2D eigenvalue weighted by atomic mass is 10.1. The van der Waals surface area contributed by atoms with Crippen LogP contribution in [-0.4, -0.2) is 26.1 Å². The first-order valence-corrected chi connectivity index (χ1v) is 11.1. The molecule has 0 aliphatic heterocycles. The van der Waals surface area contributed by atoms with Gasteiger partial charge in [0.15, 0.2) is 0 Å². The third-order valence-corrected chi connectivity index (χ3v) is 6.59. The number of benzene rings is 2. The smallest absolute Gasteiger partial charge is 0.258 e. The molecule has 164 valence electrons. The van der Waals surface area contributed by atoms with E-state index in [0.29, 0.717) is 27.1 Å². The molecule has 0 saturated heterocycles. The second-order valence-electron chi connectivity index (χ2n) is 7.07. The summed E-state index contributed by atoms with van der Waals surface area (Å²) in [7, 11) is 0. The van der Waals surface area contributed by atoms with Gasteiger partial charge in [-0.1, -0.05) is 34.8 Å². The van der Waals surface area contributed by atoms with E-state index >= 15 is 0 Å². The molecule has 1 aliphatic carbocycles. The third-order valence-electron chi connectivity index (χ3n) is 4.88. The molecule has 0 bridgehead atoms. The van der Waals surface area contributed by atoms with Crippen LogP contribution >= 0.6 is 58.0 Å². The molecule has 1 saturated carbocycles. The van der Waals surface area contributed by atoms with E-state index in [9.17, 15) is 9.59 Å². The van der Waals surface area contributed by atoms with E-state index in [1.54, 1.807) is 24.3 Å². The molecule has 2 unspecified atom stereocenters. The maximum atomic E-state index is 12.9. The summed E-state index contributed by atoms with van der Waals surface area (Å²) >= 11 is 31.1. The van der Waals surface area contributed by atoms with Crippen molar-refractivity contribution in [3.8, 4) is 0 Å². The minimum absolute atomic E-state index is 0.153. The van der Waals surface area contributed by atoms with Crippen molar-refractivity contribution in [2.45, 2.75) is 10.3 Å². The molecule has 4 rings (SSSR count). The summed E-state index contributed by atoms with van der Waals surface area (Å²) in [5.41, 5.74) is 1.17. The number of halogens is 5. The molecule has 2 aromatic carbocycles. The highest BCUT2D eigenvalue weighted by atomic mass is 35.5. The normalized spacial score (nSPS) is 18.7. The zero-order valence-corrected chi connectivity index (χ0v) is 19.7. The Labute approximate surface area is 208 Å². The van der Waals surface area contributed by atoms with Gasteiger partial charge < -0.3 is 10.6 Å². The van der Waals surface area contributed by atoms with Crippen LogP contribution in [0.25, 0.3) is 0 Å². The lowest BCUT2D eigenvalue weighted by molar-refractivity contribution is -0.117. The number of carbonyl (C=O) groups is 2. The summed E-state index contributed by atoms with van der Waals surface area (Å²) in [6, 6.07) is 11.0. The highest BCUT2D eigenvalue weighted by molar-refractivity contribution is 6.53. The Bertz CT molecular complexity index is 1190. The number of hydrogen-bond donors (Lipinski definition) is 2. The van der Waals surface area contributed by atoms with Crippen LogP contribution in [-0.2, 0) is 4.79 Å². The average Bonchev–Trinajstić information content (AvgIpc) is 3.31. The fourth-order valence-electron chi connectivity index (χ4n) is 3.37. The topological polar surface area (TPSA) is 84.0 Å². The number of rotatable bonds is 5. The Morgan fingerprint density at radius 2 is 1.66 bits per heavy atom. The summed E-state index contributed by atoms with van der Waals surface area (Å²) in [5.74, 6) is -1.83. The number of anilines is 2. The van der Waals surface area contributed by atoms with Gasteiger partial charge in [-0.25, -0.2) is 9.97 Å². The third kappa shape index (κ3) is 4.80. The summed E-state index contributed by atoms with van der Waals surface area (Å²) < 4.78 is -1.32. The van der Waals surface area contributed by atoms with Crippen LogP contribution in [0.5, 0.6) is 0 Å². The molecule has 1 heterocycles. The molecule has 0 spiro atoms. The number of hydrogen-bond acceptors (Lipinski definition) is 4. The molecule has 3 aromatic rings. The fraction of sp³-hybridized carbons (Fsp3) is 0.143. The zero-order chi connectivity index (χ0) is 23.0. The van der Waals surface area contributed by atoms with Crippen molar-refractivity contribution in [3.05, 3.63) is 81.2 Å². The van der Waals surface area contributed by atoms with Crippen molar-refractivity contribution in [1.29, 1.82) is 0 Å². The van der Waals surface area contributed by atoms with E-state index < -0.39 is 28.0 Å². The SMILES string of the molecule is O=C(Nc1ccncn1)c1cc(NC(=O)C2C(c3cc(Cl)cc(Cl)c3)C2(Cl)Cl)ccc1Cl. The number of aromatic nitrogens is 2. The first-order chi connectivity index (χ1) is 15.2. The number of amides is 2. The van der Waals surface area contributed by atoms with Crippen LogP contribution in [0.15, 0.2) is 55.0 Å². The summed E-state index contributed by atoms with van der Waals surface area (Å²) in [6.45, 7) is 0. The molecule has 1 aromatic heterocycles. The monoisotopic (exact) mass is 528 g/mol. The Hall–Kier alpha value is -2.09. The van der Waals surface area contributed by atoms with Crippen molar-refractivity contribution < 1.29 is 9.59 Å². The van der Waals surface area contributed by atoms with Crippen LogP contribution in [0.1, 0.15) is 21.8 Å². The summed E-state index contributed by atoms with van der Waals surface area (Å²) in [6.07, 6.45) is 2.79. The molecular weight excluding hydrogens is 518 g/mol. The number of nitrogens with zero attached hydrogens (tertiary/aromatic N) is 2. The van der Waals surface area contributed by atoms with Gasteiger partial charge in [-0.3, -0.25) is 9.59 Å². The van der Waals surface area contributed by atoms with Gasteiger partial charge >= 0.3 is 0 Å². The molecule has 1 aliphatic rings. The molecule has 32 heavy (non-hydrogen) atoms. The lowest BCUT2D eigenvalue weighted by Crippen LogP contribution is -2.18. The van der Waals surface area contributed by atoms with E-state index in [0.717, 1.165) is 0 Å². The minimum Gasteiger partial charge on any atom is -0.326 e. The van der Waals surface area contributed by atoms with E-state index in [-0.39, 0.29) is 10.6 Å². The Morgan fingerprint density at radius 3 is 2.31 bits per heavy atom. The van der Waals surface area contributed by atoms with Crippen LogP contribution in [0.3, 0.4) is 0 Å². The van der Waals surface area contributed by atoms with Crippen molar-refractivity contribution in [2.24, 2.45) is 5.92 Å². The highest BCUT2D eigenvalue weighted by Crippen LogP contribution is 2.65. The van der Waals surface area contributed by atoms with Gasteiger partial charge in [0.1, 0.15) is 16.5 Å². The predicted molar refractivity (Wildman–Crippen MR) is 127 cm³/mol. The fourth-order valence-corrected chi connectivity index (χ4v) is 4.94. The highest BCUT2D eigenvalue weighted by Gasteiger charge is 2.67. The van der Waals surface area contributed by atoms with Crippen molar-refractivity contribution in [3.63, 3.8) is 0 Å². The first kappa shape index (κ1) is 23.1. The van der Waals surface area contributed by atoms with E-state index in [2.05, 4.69) is 20.6 Å². The zero-order valence-electron chi connectivity index (χ0n) is 16.0. The van der Waals surface area contributed by atoms with Crippen molar-refractivity contribution in [1.82, 2.24) is 9.97 Å². The van der Waals surface area contributed by atoms with Gasteiger partial charge in [0, 0.05) is 27.8 Å². The van der Waals surface area contributed by atoms with E-state index in [4.69, 9.17) is 58.0 Å². The van der Waals surface area contributed by atoms with Crippen LogP contribution in [0.2, 0.25) is 15.1 Å². The van der Waals surface area contributed by atoms with Crippen molar-refractivity contribution >= 4 is 81.3 Å². The molecule has 2 amide bonds. The molecule has 0 radical (unpaired) electrons. The lowest BCUT2D eigenvalue weighted by Gasteiger charge is -2.10. The van der Waals surface area contributed by atoms with Gasteiger partial charge in [-0.15, -0.1) is 23.2 Å². The number of nitrogens with one attached hydrogen (secondary N) is 2. The van der Waals surface area contributed by atoms with Gasteiger partial charge in [0.25, 0.3) is 5.91 Å². The molecule has 6 nitrogen and oxygen atoms in total. The predicted octanol–water partition coefficient (Wildman–Crippen LogP) is 6.22. The maximum Gasteiger partial charge on any atom is 0.258 e. The molecule has 11 heteroatoms. The Morgan fingerprint density at radius 1 is 0.938 bits per heavy atom. The van der Waals surface area contributed by atoms with Gasteiger partial charge in [-0.2, -0.15) is 0 Å². The average molecular weight is 531 g/mol. The number of carbonyl (C=O) groups excluding carboxylic acids is 2. The Kier molecular flexibility index (Phi) is 6.52. The molecule has 1 fully saturated rings. The van der Waals surface area contributed by atoms with Crippen LogP contribution in [0.4, 0.5) is 11.5 Å². The molecule has 2 atom stereocenters. The quantitative estimate of drug-likeness (QED) is 0.384. The first-order valence-electron chi connectivity index (χ1n) is 9.18. The van der Waals surface area contributed by atoms with Gasteiger partial charge in [-0.05, 0) is 48.0 Å². The maximum absolute atomic E-state index is 12.9.